The molecule has 2 amide bonds. The van der Waals surface area contributed by atoms with Gasteiger partial charge in [0.15, 0.2) is 17.3 Å². The van der Waals surface area contributed by atoms with Crippen molar-refractivity contribution in [3.8, 4) is 23.0 Å². The highest BCUT2D eigenvalue weighted by atomic mass is 35.5. The molecular formula is C25H25ClN4O5. The zero-order valence-electron chi connectivity index (χ0n) is 19.9. The van der Waals surface area contributed by atoms with Crippen LogP contribution in [-0.2, 0) is 5.41 Å². The summed E-state index contributed by atoms with van der Waals surface area (Å²) >= 11 is 6.31. The summed E-state index contributed by atoms with van der Waals surface area (Å²) in [5, 5.41) is 10.3. The van der Waals surface area contributed by atoms with Crippen LogP contribution in [0.2, 0.25) is 5.02 Å². The van der Waals surface area contributed by atoms with E-state index in [2.05, 4.69) is 20.8 Å². The quantitative estimate of drug-likeness (QED) is 0.308. The van der Waals surface area contributed by atoms with Gasteiger partial charge in [0, 0.05) is 35.2 Å². The highest BCUT2D eigenvalue weighted by molar-refractivity contribution is 6.33. The lowest BCUT2D eigenvalue weighted by Gasteiger charge is -2.14. The van der Waals surface area contributed by atoms with E-state index in [1.165, 1.54) is 0 Å². The number of hydrogen-bond acceptors (Lipinski definition) is 7. The molecule has 0 bridgehead atoms. The van der Waals surface area contributed by atoms with Gasteiger partial charge in [-0.25, -0.2) is 4.79 Å². The van der Waals surface area contributed by atoms with Crippen LogP contribution >= 0.6 is 11.6 Å². The van der Waals surface area contributed by atoms with Crippen molar-refractivity contribution < 1.29 is 23.5 Å². The number of methoxy groups -OCH3 is 2. The molecule has 10 heteroatoms. The molecule has 35 heavy (non-hydrogen) atoms. The maximum Gasteiger partial charge on any atom is 0.324 e. The number of urea groups is 1. The summed E-state index contributed by atoms with van der Waals surface area (Å²) in [6, 6.07) is 11.4. The van der Waals surface area contributed by atoms with Gasteiger partial charge in [0.05, 0.1) is 30.4 Å². The zero-order valence-corrected chi connectivity index (χ0v) is 20.7. The normalized spacial score (nSPS) is 11.3. The number of carbonyl (C=O) groups is 1. The number of ether oxygens (including phenoxy) is 3. The molecule has 0 fully saturated rings. The molecule has 0 unspecified atom stereocenters. The van der Waals surface area contributed by atoms with Crippen LogP contribution in [0.3, 0.4) is 0 Å². The Balaban J connectivity index is 1.54. The number of pyridine rings is 1. The van der Waals surface area contributed by atoms with Gasteiger partial charge >= 0.3 is 6.03 Å². The number of rotatable bonds is 6. The van der Waals surface area contributed by atoms with Gasteiger partial charge in [0.1, 0.15) is 17.3 Å². The van der Waals surface area contributed by atoms with Gasteiger partial charge in [-0.3, -0.25) is 10.3 Å². The van der Waals surface area contributed by atoms with E-state index in [0.29, 0.717) is 50.8 Å². The number of halogens is 1. The first-order valence-electron chi connectivity index (χ1n) is 10.7. The van der Waals surface area contributed by atoms with Crippen LogP contribution in [0.5, 0.6) is 23.0 Å². The molecule has 2 aromatic carbocycles. The Morgan fingerprint density at radius 1 is 0.971 bits per heavy atom. The van der Waals surface area contributed by atoms with E-state index < -0.39 is 6.03 Å². The molecule has 0 aliphatic carbocycles. The van der Waals surface area contributed by atoms with Crippen molar-refractivity contribution in [2.45, 2.75) is 26.2 Å². The number of carbonyl (C=O) groups excluding carboxylic acids is 1. The van der Waals surface area contributed by atoms with Crippen molar-refractivity contribution in [2.75, 3.05) is 24.9 Å². The van der Waals surface area contributed by atoms with Crippen LogP contribution in [0.4, 0.5) is 16.3 Å². The van der Waals surface area contributed by atoms with Gasteiger partial charge in [-0.05, 0) is 24.3 Å². The Kier molecular flexibility index (Phi) is 6.70. The number of benzene rings is 2. The van der Waals surface area contributed by atoms with Gasteiger partial charge in [0.2, 0.25) is 0 Å². The van der Waals surface area contributed by atoms with E-state index in [1.54, 1.807) is 62.9 Å². The van der Waals surface area contributed by atoms with Crippen molar-refractivity contribution in [1.29, 1.82) is 0 Å². The lowest BCUT2D eigenvalue weighted by atomic mass is 9.93. The molecular weight excluding hydrogens is 472 g/mol. The van der Waals surface area contributed by atoms with Crippen LogP contribution in [0.25, 0.3) is 10.9 Å². The van der Waals surface area contributed by atoms with Gasteiger partial charge in [-0.1, -0.05) is 37.5 Å². The summed E-state index contributed by atoms with van der Waals surface area (Å²) in [6.07, 6.45) is 1.63. The Bertz CT molecular complexity index is 1380. The van der Waals surface area contributed by atoms with Crippen LogP contribution in [-0.4, -0.2) is 30.4 Å². The molecule has 9 nitrogen and oxygen atoms in total. The van der Waals surface area contributed by atoms with E-state index in [-0.39, 0.29) is 5.41 Å². The molecule has 4 aromatic rings. The fraction of sp³-hybridized carbons (Fsp3) is 0.240. The zero-order chi connectivity index (χ0) is 25.2. The van der Waals surface area contributed by atoms with E-state index >= 15 is 0 Å². The monoisotopic (exact) mass is 496 g/mol. The predicted octanol–water partition coefficient (Wildman–Crippen LogP) is 6.63. The fourth-order valence-electron chi connectivity index (χ4n) is 3.28. The van der Waals surface area contributed by atoms with Crippen LogP contribution in [0.1, 0.15) is 26.5 Å². The summed E-state index contributed by atoms with van der Waals surface area (Å²) in [7, 11) is 3.13. The molecule has 2 heterocycles. The molecule has 0 saturated heterocycles. The van der Waals surface area contributed by atoms with Crippen molar-refractivity contribution in [1.82, 2.24) is 10.1 Å². The molecule has 0 atom stereocenters. The Morgan fingerprint density at radius 3 is 2.40 bits per heavy atom. The second-order valence-electron chi connectivity index (χ2n) is 8.68. The second kappa shape index (κ2) is 9.71. The molecule has 2 aromatic heterocycles. The summed E-state index contributed by atoms with van der Waals surface area (Å²) in [5.41, 5.74) is 0.804. The Morgan fingerprint density at radius 2 is 1.71 bits per heavy atom. The largest absolute Gasteiger partial charge is 0.493 e. The summed E-state index contributed by atoms with van der Waals surface area (Å²) in [5.74, 6) is 3.07. The third-order valence-corrected chi connectivity index (χ3v) is 5.44. The van der Waals surface area contributed by atoms with E-state index in [9.17, 15) is 4.79 Å². The number of aromatic nitrogens is 2. The van der Waals surface area contributed by atoms with Gasteiger partial charge < -0.3 is 24.1 Å². The van der Waals surface area contributed by atoms with Crippen molar-refractivity contribution in [3.05, 3.63) is 59.4 Å². The van der Waals surface area contributed by atoms with Crippen LogP contribution in [0, 0.1) is 0 Å². The molecule has 0 saturated carbocycles. The van der Waals surface area contributed by atoms with Crippen LogP contribution in [0.15, 0.2) is 53.2 Å². The molecule has 2 N–H and O–H groups in total. The number of nitrogens with zero attached hydrogens (tertiary/aromatic N) is 2. The number of nitrogens with one attached hydrogen (secondary N) is 2. The van der Waals surface area contributed by atoms with Gasteiger partial charge in [0.25, 0.3) is 0 Å². The predicted molar refractivity (Wildman–Crippen MR) is 134 cm³/mol. The average Bonchev–Trinajstić information content (AvgIpc) is 3.29. The summed E-state index contributed by atoms with van der Waals surface area (Å²) in [6.45, 7) is 5.96. The Labute approximate surface area is 207 Å². The van der Waals surface area contributed by atoms with Crippen molar-refractivity contribution in [2.24, 2.45) is 0 Å². The number of fused-ring (bicyclic) bond motifs is 1. The summed E-state index contributed by atoms with van der Waals surface area (Å²) in [4.78, 5) is 16.9. The number of amides is 2. The smallest absolute Gasteiger partial charge is 0.324 e. The molecule has 0 spiro atoms. The summed E-state index contributed by atoms with van der Waals surface area (Å²) < 4.78 is 22.2. The first-order valence-corrected chi connectivity index (χ1v) is 11.1. The number of hydrogen-bond donors (Lipinski definition) is 2. The molecule has 0 aliphatic heterocycles. The maximum atomic E-state index is 12.5. The van der Waals surface area contributed by atoms with Crippen molar-refractivity contribution >= 4 is 40.0 Å². The minimum atomic E-state index is -0.524. The van der Waals surface area contributed by atoms with Gasteiger partial charge in [-0.15, -0.1) is 0 Å². The minimum absolute atomic E-state index is 0.231. The SMILES string of the molecule is COc1cc2nccc(Oc3ccc(Cl)c(NC(=O)Nc4cc(C(C)(C)C)on4)c3)c2cc1OC. The molecule has 0 aliphatic rings. The van der Waals surface area contributed by atoms with Crippen LogP contribution < -0.4 is 24.8 Å². The first-order chi connectivity index (χ1) is 16.7. The lowest BCUT2D eigenvalue weighted by molar-refractivity contribution is 0.262. The minimum Gasteiger partial charge on any atom is -0.493 e. The van der Waals surface area contributed by atoms with Crippen molar-refractivity contribution in [3.63, 3.8) is 0 Å². The fourth-order valence-corrected chi connectivity index (χ4v) is 3.45. The molecule has 0 radical (unpaired) electrons. The molecule has 4 rings (SSSR count). The number of anilines is 2. The standard InChI is InChI=1S/C25H25ClN4O5/c1-25(2,3)22-13-23(30-35-22)29-24(31)28-18-10-14(6-7-16(18)26)34-19-8-9-27-17-12-21(33-5)20(32-4)11-15(17)19/h6-13H,1-5H3,(H2,28,29,30,31). The Hall–Kier alpha value is -3.98. The highest BCUT2D eigenvalue weighted by Crippen LogP contribution is 2.38. The van der Waals surface area contributed by atoms with E-state index in [4.69, 9.17) is 30.3 Å². The lowest BCUT2D eigenvalue weighted by Crippen LogP contribution is -2.19. The second-order valence-corrected chi connectivity index (χ2v) is 9.09. The maximum absolute atomic E-state index is 12.5. The average molecular weight is 497 g/mol. The molecule has 182 valence electrons. The highest BCUT2D eigenvalue weighted by Gasteiger charge is 2.20. The third-order valence-electron chi connectivity index (χ3n) is 5.11. The van der Waals surface area contributed by atoms with E-state index in [0.717, 1.165) is 5.39 Å². The van der Waals surface area contributed by atoms with E-state index in [1.807, 2.05) is 20.8 Å². The first kappa shape index (κ1) is 24.2. The topological polar surface area (TPSA) is 108 Å². The third kappa shape index (κ3) is 5.41. The van der Waals surface area contributed by atoms with Gasteiger partial charge in [-0.2, -0.15) is 0 Å².